The highest BCUT2D eigenvalue weighted by atomic mass is 19.3. The van der Waals surface area contributed by atoms with Crippen LogP contribution in [-0.4, -0.2) is 5.92 Å². The molecule has 0 spiro atoms. The van der Waals surface area contributed by atoms with Crippen molar-refractivity contribution in [2.75, 3.05) is 0 Å². The van der Waals surface area contributed by atoms with Crippen molar-refractivity contribution in [2.24, 2.45) is 0 Å². The lowest BCUT2D eigenvalue weighted by Crippen LogP contribution is -2.25. The van der Waals surface area contributed by atoms with E-state index in [-0.39, 0.29) is 24.0 Å². The molecule has 0 amide bonds. The third-order valence-corrected chi connectivity index (χ3v) is 3.39. The molecule has 0 radical (unpaired) electrons. The molecule has 0 heterocycles. The lowest BCUT2D eigenvalue weighted by atomic mass is 9.81. The summed E-state index contributed by atoms with van der Waals surface area (Å²) in [6.07, 6.45) is 0.313. The summed E-state index contributed by atoms with van der Waals surface area (Å²) in [5, 5.41) is 0. The zero-order valence-corrected chi connectivity index (χ0v) is 9.57. The predicted octanol–water partition coefficient (Wildman–Crippen LogP) is 4.57. The van der Waals surface area contributed by atoms with Crippen LogP contribution in [0, 0.1) is 18.6 Å². The molecule has 1 fully saturated rings. The zero-order chi connectivity index (χ0) is 12.6. The van der Waals surface area contributed by atoms with Gasteiger partial charge in [0.1, 0.15) is 0 Å². The van der Waals surface area contributed by atoms with Crippen molar-refractivity contribution in [3.8, 4) is 0 Å². The molecule has 0 N–H and O–H groups in total. The van der Waals surface area contributed by atoms with E-state index in [1.807, 2.05) is 0 Å². The number of hydrogen-bond acceptors (Lipinski definition) is 0. The second-order valence-electron chi connectivity index (χ2n) is 4.75. The van der Waals surface area contributed by atoms with Crippen LogP contribution in [-0.2, 0) is 0 Å². The average Bonchev–Trinajstić information content (AvgIpc) is 2.25. The van der Waals surface area contributed by atoms with Crippen LogP contribution >= 0.6 is 0 Å². The minimum Gasteiger partial charge on any atom is -0.207 e. The number of aryl methyl sites for hydroxylation is 1. The first kappa shape index (κ1) is 12.4. The summed E-state index contributed by atoms with van der Waals surface area (Å²) in [5.74, 6) is -5.21. The molecule has 1 unspecified atom stereocenters. The van der Waals surface area contributed by atoms with E-state index < -0.39 is 23.5 Å². The summed E-state index contributed by atoms with van der Waals surface area (Å²) in [4.78, 5) is 0. The van der Waals surface area contributed by atoms with E-state index >= 15 is 0 Å². The van der Waals surface area contributed by atoms with E-state index in [1.54, 1.807) is 0 Å². The van der Waals surface area contributed by atoms with E-state index in [0.29, 0.717) is 12.8 Å². The van der Waals surface area contributed by atoms with Gasteiger partial charge in [-0.05, 0) is 36.8 Å². The van der Waals surface area contributed by atoms with Crippen LogP contribution < -0.4 is 0 Å². The Bertz CT molecular complexity index is 426. The van der Waals surface area contributed by atoms with Gasteiger partial charge in [-0.1, -0.05) is 12.1 Å². The van der Waals surface area contributed by atoms with E-state index in [2.05, 4.69) is 0 Å². The highest BCUT2D eigenvalue weighted by molar-refractivity contribution is 5.28. The lowest BCUT2D eigenvalue weighted by Gasteiger charge is -2.29. The van der Waals surface area contributed by atoms with E-state index in [9.17, 15) is 17.6 Å². The Kier molecular flexibility index (Phi) is 3.15. The Morgan fingerprint density at radius 2 is 1.88 bits per heavy atom. The summed E-state index contributed by atoms with van der Waals surface area (Å²) >= 11 is 0. The Hall–Kier alpha value is -1.06. The minimum absolute atomic E-state index is 0.0903. The molecule has 0 nitrogen and oxygen atoms in total. The number of benzene rings is 1. The number of alkyl halides is 2. The molecule has 1 saturated carbocycles. The average molecular weight is 246 g/mol. The molecular formula is C13H14F4. The van der Waals surface area contributed by atoms with Crippen molar-refractivity contribution in [3.63, 3.8) is 0 Å². The van der Waals surface area contributed by atoms with Gasteiger partial charge in [-0.15, -0.1) is 0 Å². The summed E-state index contributed by atoms with van der Waals surface area (Å²) in [6.45, 7) is 1.46. The van der Waals surface area contributed by atoms with Crippen molar-refractivity contribution in [3.05, 3.63) is 34.9 Å². The maximum Gasteiger partial charge on any atom is 0.248 e. The van der Waals surface area contributed by atoms with Crippen molar-refractivity contribution in [1.82, 2.24) is 0 Å². The maximum absolute atomic E-state index is 13.7. The van der Waals surface area contributed by atoms with Gasteiger partial charge in [0.15, 0.2) is 11.6 Å². The van der Waals surface area contributed by atoms with E-state index in [0.717, 1.165) is 0 Å². The standard InChI is InChI=1S/C13H14F4/c1-8-4-5-10(12(15)11(8)14)9-3-2-6-13(16,17)7-9/h4-5,9H,2-3,6-7H2,1H3. The van der Waals surface area contributed by atoms with Crippen LogP contribution in [0.3, 0.4) is 0 Å². The van der Waals surface area contributed by atoms with Gasteiger partial charge in [0.25, 0.3) is 0 Å². The Labute approximate surface area is 97.6 Å². The second kappa shape index (κ2) is 4.31. The maximum atomic E-state index is 13.7. The molecule has 0 saturated heterocycles. The third-order valence-electron chi connectivity index (χ3n) is 3.39. The highest BCUT2D eigenvalue weighted by Gasteiger charge is 2.37. The molecule has 0 aromatic heterocycles. The van der Waals surface area contributed by atoms with Gasteiger partial charge in [-0.3, -0.25) is 0 Å². The van der Waals surface area contributed by atoms with E-state index in [1.165, 1.54) is 19.1 Å². The van der Waals surface area contributed by atoms with Gasteiger partial charge < -0.3 is 0 Å². The van der Waals surface area contributed by atoms with Gasteiger partial charge >= 0.3 is 0 Å². The fourth-order valence-electron chi connectivity index (χ4n) is 2.41. The summed E-state index contributed by atoms with van der Waals surface area (Å²) in [5.41, 5.74) is 0.293. The van der Waals surface area contributed by atoms with Crippen LogP contribution in [0.2, 0.25) is 0 Å². The molecule has 1 aliphatic carbocycles. The van der Waals surface area contributed by atoms with Gasteiger partial charge in [-0.2, -0.15) is 0 Å². The van der Waals surface area contributed by atoms with Crippen LogP contribution in [0.4, 0.5) is 17.6 Å². The van der Waals surface area contributed by atoms with Crippen molar-refractivity contribution in [2.45, 2.75) is 44.4 Å². The summed E-state index contributed by atoms with van der Waals surface area (Å²) < 4.78 is 53.5. The monoisotopic (exact) mass is 246 g/mol. The molecule has 0 bridgehead atoms. The molecule has 0 aliphatic heterocycles. The van der Waals surface area contributed by atoms with Crippen LogP contribution in [0.25, 0.3) is 0 Å². The Morgan fingerprint density at radius 3 is 2.53 bits per heavy atom. The largest absolute Gasteiger partial charge is 0.248 e. The first-order valence-electron chi connectivity index (χ1n) is 5.73. The van der Waals surface area contributed by atoms with Crippen LogP contribution in [0.1, 0.15) is 42.7 Å². The van der Waals surface area contributed by atoms with Gasteiger partial charge in [0.2, 0.25) is 5.92 Å². The van der Waals surface area contributed by atoms with Crippen LogP contribution in [0.5, 0.6) is 0 Å². The molecule has 1 atom stereocenters. The van der Waals surface area contributed by atoms with Gasteiger partial charge in [-0.25, -0.2) is 17.6 Å². The quantitative estimate of drug-likeness (QED) is 0.637. The second-order valence-corrected chi connectivity index (χ2v) is 4.75. The van der Waals surface area contributed by atoms with Crippen molar-refractivity contribution >= 4 is 0 Å². The molecular weight excluding hydrogens is 232 g/mol. The first-order valence-corrected chi connectivity index (χ1v) is 5.73. The third kappa shape index (κ3) is 2.45. The molecule has 17 heavy (non-hydrogen) atoms. The highest BCUT2D eigenvalue weighted by Crippen LogP contribution is 2.42. The van der Waals surface area contributed by atoms with E-state index in [4.69, 9.17) is 0 Å². The minimum atomic E-state index is -2.75. The molecule has 1 aromatic carbocycles. The predicted molar refractivity (Wildman–Crippen MR) is 57.3 cm³/mol. The number of rotatable bonds is 1. The van der Waals surface area contributed by atoms with Crippen LogP contribution in [0.15, 0.2) is 12.1 Å². The lowest BCUT2D eigenvalue weighted by molar-refractivity contribution is -0.0411. The van der Waals surface area contributed by atoms with Gasteiger partial charge in [0, 0.05) is 12.8 Å². The molecule has 94 valence electrons. The van der Waals surface area contributed by atoms with Gasteiger partial charge in [0.05, 0.1) is 0 Å². The Balaban J connectivity index is 2.31. The zero-order valence-electron chi connectivity index (χ0n) is 9.57. The van der Waals surface area contributed by atoms with Crippen molar-refractivity contribution in [1.29, 1.82) is 0 Å². The number of hydrogen-bond donors (Lipinski definition) is 0. The summed E-state index contributed by atoms with van der Waals surface area (Å²) in [7, 11) is 0. The molecule has 1 aromatic rings. The molecule has 4 heteroatoms. The smallest absolute Gasteiger partial charge is 0.207 e. The van der Waals surface area contributed by atoms with Crippen molar-refractivity contribution < 1.29 is 17.6 Å². The fraction of sp³-hybridized carbons (Fsp3) is 0.538. The normalized spacial score (nSPS) is 23.7. The first-order chi connectivity index (χ1) is 7.91. The summed E-state index contributed by atoms with van der Waals surface area (Å²) in [6, 6.07) is 2.88. The Morgan fingerprint density at radius 1 is 1.18 bits per heavy atom. The topological polar surface area (TPSA) is 0 Å². The SMILES string of the molecule is Cc1ccc(C2CCCC(F)(F)C2)c(F)c1F. The molecule has 1 aliphatic rings. The fourth-order valence-corrected chi connectivity index (χ4v) is 2.41. The molecule has 2 rings (SSSR count). The number of halogens is 4.